The van der Waals surface area contributed by atoms with Gasteiger partial charge in [0.05, 0.1) is 16.6 Å². The van der Waals surface area contributed by atoms with Crippen molar-refractivity contribution in [1.82, 2.24) is 9.78 Å². The average Bonchev–Trinajstić information content (AvgIpc) is 3.01. The van der Waals surface area contributed by atoms with Crippen LogP contribution in [0, 0.1) is 13.8 Å². The Kier molecular flexibility index (Phi) is 5.81. The summed E-state index contributed by atoms with van der Waals surface area (Å²) in [4.78, 5) is 0. The van der Waals surface area contributed by atoms with Crippen LogP contribution in [0.25, 0.3) is 0 Å². The summed E-state index contributed by atoms with van der Waals surface area (Å²) in [6.45, 7) is 4.74. The minimum atomic E-state index is 0.494. The van der Waals surface area contributed by atoms with Crippen LogP contribution in [0.3, 0.4) is 0 Å². The Morgan fingerprint density at radius 3 is 2.54 bits per heavy atom. The zero-order valence-electron chi connectivity index (χ0n) is 14.4. The smallest absolute Gasteiger partial charge is 0.176 e. The maximum absolute atomic E-state index is 6.05. The number of nitrogens with one attached hydrogen (secondary N) is 2. The van der Waals surface area contributed by atoms with Gasteiger partial charge in [0.25, 0.3) is 0 Å². The van der Waals surface area contributed by atoms with Crippen LogP contribution in [0.15, 0.2) is 48.7 Å². The van der Waals surface area contributed by atoms with Crippen LogP contribution >= 0.6 is 35.4 Å². The zero-order valence-corrected chi connectivity index (χ0v) is 16.7. The van der Waals surface area contributed by atoms with Crippen molar-refractivity contribution in [3.63, 3.8) is 0 Å². The molecule has 1 heterocycles. The lowest BCUT2D eigenvalue weighted by molar-refractivity contribution is 0.690. The summed E-state index contributed by atoms with van der Waals surface area (Å²) >= 11 is 17.4. The molecule has 4 nitrogen and oxygen atoms in total. The number of aryl methyl sites for hydroxylation is 2. The van der Waals surface area contributed by atoms with E-state index in [1.54, 1.807) is 10.7 Å². The van der Waals surface area contributed by atoms with E-state index in [9.17, 15) is 0 Å². The number of anilines is 2. The largest absolute Gasteiger partial charge is 0.332 e. The first-order chi connectivity index (χ1) is 12.4. The van der Waals surface area contributed by atoms with Crippen molar-refractivity contribution in [2.45, 2.75) is 20.4 Å². The first-order valence-electron chi connectivity index (χ1n) is 8.03. The Labute approximate surface area is 168 Å². The highest BCUT2D eigenvalue weighted by molar-refractivity contribution is 7.80. The molecule has 7 heteroatoms. The molecule has 0 unspecified atom stereocenters. The van der Waals surface area contributed by atoms with Crippen molar-refractivity contribution in [2.24, 2.45) is 0 Å². The molecule has 134 valence electrons. The maximum Gasteiger partial charge on any atom is 0.176 e. The predicted octanol–water partition coefficient (Wildman–Crippen LogP) is 5.66. The maximum atomic E-state index is 6.05. The van der Waals surface area contributed by atoms with Gasteiger partial charge in [-0.25, -0.2) is 0 Å². The molecule has 0 atom stereocenters. The van der Waals surface area contributed by atoms with Gasteiger partial charge in [-0.1, -0.05) is 35.3 Å². The second-order valence-corrected chi connectivity index (χ2v) is 7.25. The van der Waals surface area contributed by atoms with Crippen LogP contribution < -0.4 is 10.6 Å². The van der Waals surface area contributed by atoms with E-state index in [1.807, 2.05) is 30.5 Å². The fraction of sp³-hybridized carbons (Fsp3) is 0.158. The third-order valence-electron chi connectivity index (χ3n) is 3.98. The Morgan fingerprint density at radius 1 is 1.00 bits per heavy atom. The summed E-state index contributed by atoms with van der Waals surface area (Å²) < 4.78 is 1.81. The van der Waals surface area contributed by atoms with Crippen LogP contribution in [0.5, 0.6) is 0 Å². The molecule has 2 aromatic carbocycles. The molecule has 1 aromatic heterocycles. The third kappa shape index (κ3) is 4.75. The number of halogens is 2. The lowest BCUT2D eigenvalue weighted by Gasteiger charge is -2.10. The second-order valence-electron chi connectivity index (χ2n) is 6.03. The van der Waals surface area contributed by atoms with Crippen molar-refractivity contribution in [3.05, 3.63) is 75.4 Å². The normalized spacial score (nSPS) is 10.6. The lowest BCUT2D eigenvalue weighted by Crippen LogP contribution is -2.19. The molecule has 0 spiro atoms. The van der Waals surface area contributed by atoms with E-state index < -0.39 is 0 Å². The number of thiocarbonyl (C=S) groups is 1. The summed E-state index contributed by atoms with van der Waals surface area (Å²) in [7, 11) is 0. The van der Waals surface area contributed by atoms with Crippen LogP contribution in [-0.2, 0) is 6.54 Å². The minimum Gasteiger partial charge on any atom is -0.332 e. The summed E-state index contributed by atoms with van der Waals surface area (Å²) in [5.74, 6) is 0.673. The van der Waals surface area contributed by atoms with Crippen molar-refractivity contribution in [1.29, 1.82) is 0 Å². The zero-order chi connectivity index (χ0) is 18.7. The molecule has 2 N–H and O–H groups in total. The second kappa shape index (κ2) is 8.08. The molecule has 0 fully saturated rings. The van der Waals surface area contributed by atoms with Gasteiger partial charge in [0, 0.05) is 18.0 Å². The molecular formula is C19H18Cl2N4S. The number of hydrogen-bond acceptors (Lipinski definition) is 2. The van der Waals surface area contributed by atoms with E-state index >= 15 is 0 Å². The highest BCUT2D eigenvalue weighted by Gasteiger charge is 2.05. The standard InChI is InChI=1S/C19H18Cl2N4S/c1-12-3-5-15(9-13(12)2)22-19(26)23-18-7-8-25(24-18)11-14-4-6-16(20)17(21)10-14/h3-10H,11H2,1-2H3,(H2,22,23,24,26). The van der Waals surface area contributed by atoms with Gasteiger partial charge in [0.2, 0.25) is 0 Å². The number of rotatable bonds is 4. The Hall–Kier alpha value is -2.08. The van der Waals surface area contributed by atoms with Gasteiger partial charge in [-0.2, -0.15) is 5.10 Å². The Balaban J connectivity index is 1.61. The number of nitrogens with zero attached hydrogens (tertiary/aromatic N) is 2. The van der Waals surface area contributed by atoms with Gasteiger partial charge in [-0.05, 0) is 67.0 Å². The summed E-state index contributed by atoms with van der Waals surface area (Å²) in [5, 5.41) is 12.3. The number of aromatic nitrogens is 2. The molecule has 0 amide bonds. The number of hydrogen-bond donors (Lipinski definition) is 2. The van der Waals surface area contributed by atoms with Crippen LogP contribution in [0.4, 0.5) is 11.5 Å². The van der Waals surface area contributed by atoms with E-state index in [2.05, 4.69) is 41.7 Å². The van der Waals surface area contributed by atoms with Crippen LogP contribution in [0.2, 0.25) is 10.0 Å². The Morgan fingerprint density at radius 2 is 1.81 bits per heavy atom. The molecule has 0 aliphatic carbocycles. The van der Waals surface area contributed by atoms with Gasteiger partial charge in [-0.3, -0.25) is 4.68 Å². The van der Waals surface area contributed by atoms with Crippen molar-refractivity contribution < 1.29 is 0 Å². The first kappa shape index (κ1) is 18.7. The SMILES string of the molecule is Cc1ccc(NC(=S)Nc2ccn(Cc3ccc(Cl)c(Cl)c3)n2)cc1C. The molecule has 26 heavy (non-hydrogen) atoms. The molecule has 0 saturated heterocycles. The van der Waals surface area contributed by atoms with Crippen molar-refractivity contribution in [3.8, 4) is 0 Å². The van der Waals surface area contributed by atoms with E-state index in [4.69, 9.17) is 35.4 Å². The predicted molar refractivity (Wildman–Crippen MR) is 114 cm³/mol. The van der Waals surface area contributed by atoms with Gasteiger partial charge in [0.15, 0.2) is 10.9 Å². The molecule has 3 rings (SSSR count). The van der Waals surface area contributed by atoms with E-state index in [-0.39, 0.29) is 0 Å². The van der Waals surface area contributed by atoms with E-state index in [1.165, 1.54) is 11.1 Å². The van der Waals surface area contributed by atoms with Crippen LogP contribution in [0.1, 0.15) is 16.7 Å². The third-order valence-corrected chi connectivity index (χ3v) is 4.92. The van der Waals surface area contributed by atoms with E-state index in [0.29, 0.717) is 27.5 Å². The molecule has 0 aliphatic heterocycles. The van der Waals surface area contributed by atoms with Gasteiger partial charge in [-0.15, -0.1) is 0 Å². The first-order valence-corrected chi connectivity index (χ1v) is 9.20. The molecule has 3 aromatic rings. The molecule has 0 radical (unpaired) electrons. The minimum absolute atomic E-state index is 0.494. The van der Waals surface area contributed by atoms with Crippen molar-refractivity contribution in [2.75, 3.05) is 10.6 Å². The molecule has 0 saturated carbocycles. The molecular weight excluding hydrogens is 387 g/mol. The summed E-state index contributed by atoms with van der Waals surface area (Å²) in [5.41, 5.74) is 4.42. The molecule has 0 bridgehead atoms. The Bertz CT molecular complexity index is 952. The number of benzene rings is 2. The lowest BCUT2D eigenvalue weighted by atomic mass is 10.1. The highest BCUT2D eigenvalue weighted by Crippen LogP contribution is 2.23. The van der Waals surface area contributed by atoms with Crippen LogP contribution in [-0.4, -0.2) is 14.9 Å². The van der Waals surface area contributed by atoms with E-state index in [0.717, 1.165) is 11.3 Å². The van der Waals surface area contributed by atoms with Gasteiger partial charge >= 0.3 is 0 Å². The summed E-state index contributed by atoms with van der Waals surface area (Å²) in [6, 6.07) is 13.5. The van der Waals surface area contributed by atoms with Gasteiger partial charge in [0.1, 0.15) is 0 Å². The fourth-order valence-electron chi connectivity index (χ4n) is 2.44. The molecule has 0 aliphatic rings. The topological polar surface area (TPSA) is 41.9 Å². The van der Waals surface area contributed by atoms with Crippen molar-refractivity contribution >= 4 is 52.0 Å². The monoisotopic (exact) mass is 404 g/mol. The highest BCUT2D eigenvalue weighted by atomic mass is 35.5. The average molecular weight is 405 g/mol. The summed E-state index contributed by atoms with van der Waals surface area (Å²) in [6.07, 6.45) is 1.88. The fourth-order valence-corrected chi connectivity index (χ4v) is 2.98. The quantitative estimate of drug-likeness (QED) is 0.550. The van der Waals surface area contributed by atoms with Gasteiger partial charge < -0.3 is 10.6 Å².